The van der Waals surface area contributed by atoms with Gasteiger partial charge >= 0.3 is 12.0 Å². The monoisotopic (exact) mass is 466 g/mol. The van der Waals surface area contributed by atoms with Crippen molar-refractivity contribution >= 4 is 35.6 Å². The number of urea groups is 1. The number of carbonyl (C=O) groups is 3. The normalized spacial score (nSPS) is 14.5. The molecule has 0 saturated carbocycles. The van der Waals surface area contributed by atoms with E-state index in [0.29, 0.717) is 22.9 Å². The van der Waals surface area contributed by atoms with Gasteiger partial charge in [0, 0.05) is 0 Å². The van der Waals surface area contributed by atoms with E-state index < -0.39 is 17.9 Å². The molecule has 0 atom stereocenters. The largest absolute Gasteiger partial charge is 0.487 e. The fraction of sp³-hybridized carbons (Fsp3) is 0.125. The third-order valence-electron chi connectivity index (χ3n) is 4.83. The summed E-state index contributed by atoms with van der Waals surface area (Å²) in [5.41, 5.74) is 1.71. The molecule has 0 bridgehead atoms. The molecule has 2 heterocycles. The van der Waals surface area contributed by atoms with E-state index >= 15 is 0 Å². The maximum Gasteiger partial charge on any atom is 0.373 e. The Morgan fingerprint density at radius 2 is 1.91 bits per heavy atom. The number of halogens is 1. The number of amides is 3. The molecule has 1 aliphatic heterocycles. The Balaban J connectivity index is 1.44. The van der Waals surface area contributed by atoms with Gasteiger partial charge in [0.25, 0.3) is 5.91 Å². The highest BCUT2D eigenvalue weighted by molar-refractivity contribution is 6.32. The number of hydrogen-bond donors (Lipinski definition) is 1. The van der Waals surface area contributed by atoms with Gasteiger partial charge in [0.05, 0.1) is 18.7 Å². The minimum atomic E-state index is -0.646. The van der Waals surface area contributed by atoms with Crippen LogP contribution in [0.2, 0.25) is 5.02 Å². The second kappa shape index (κ2) is 9.62. The number of nitrogens with zero attached hydrogens (tertiary/aromatic N) is 1. The average Bonchev–Trinajstić information content (AvgIpc) is 3.39. The topological polar surface area (TPSA) is 98.1 Å². The molecule has 2 aromatic carbocycles. The first-order valence-corrected chi connectivity index (χ1v) is 10.3. The lowest BCUT2D eigenvalue weighted by atomic mass is 10.1. The highest BCUT2D eigenvalue weighted by Gasteiger charge is 2.34. The van der Waals surface area contributed by atoms with Crippen molar-refractivity contribution in [1.82, 2.24) is 10.2 Å². The zero-order valence-electron chi connectivity index (χ0n) is 17.5. The van der Waals surface area contributed by atoms with Crippen molar-refractivity contribution in [3.63, 3.8) is 0 Å². The zero-order chi connectivity index (χ0) is 23.4. The molecule has 1 fully saturated rings. The highest BCUT2D eigenvalue weighted by Crippen LogP contribution is 2.28. The molecule has 3 aromatic rings. The van der Waals surface area contributed by atoms with Crippen molar-refractivity contribution < 1.29 is 28.3 Å². The molecule has 1 aromatic heterocycles. The minimum Gasteiger partial charge on any atom is -0.487 e. The number of carbonyl (C=O) groups excluding carboxylic acids is 3. The van der Waals surface area contributed by atoms with Gasteiger partial charge in [-0.15, -0.1) is 0 Å². The summed E-state index contributed by atoms with van der Waals surface area (Å²) in [5.74, 6) is -0.420. The van der Waals surface area contributed by atoms with Gasteiger partial charge in [0.2, 0.25) is 5.76 Å². The summed E-state index contributed by atoms with van der Waals surface area (Å²) in [6.45, 7) is 0.237. The molecular formula is C24H19ClN2O6. The maximum atomic E-state index is 12.7. The summed E-state index contributed by atoms with van der Waals surface area (Å²) in [6, 6.07) is 17.1. The van der Waals surface area contributed by atoms with E-state index in [9.17, 15) is 14.4 Å². The standard InChI is InChI=1S/C24H19ClN2O6/c1-31-23(29)21-10-8-17(33-21)13-27-22(28)19(26-24(27)30)12-16-7-9-20(18(25)11-16)32-14-15-5-3-2-4-6-15/h2-12H,13-14H2,1H3,(H,26,30). The lowest BCUT2D eigenvalue weighted by Gasteiger charge is -2.09. The van der Waals surface area contributed by atoms with E-state index in [0.717, 1.165) is 10.5 Å². The molecule has 0 aliphatic carbocycles. The Morgan fingerprint density at radius 3 is 2.64 bits per heavy atom. The number of methoxy groups -OCH3 is 1. The van der Waals surface area contributed by atoms with Gasteiger partial charge in [-0.05, 0) is 41.5 Å². The molecule has 168 valence electrons. The molecule has 0 spiro atoms. The van der Waals surface area contributed by atoms with Crippen LogP contribution in [0.15, 0.2) is 70.8 Å². The van der Waals surface area contributed by atoms with Crippen LogP contribution in [-0.4, -0.2) is 29.9 Å². The van der Waals surface area contributed by atoms with Gasteiger partial charge in [-0.3, -0.25) is 9.69 Å². The SMILES string of the molecule is COC(=O)c1ccc(CN2C(=O)NC(=Cc3ccc(OCc4ccccc4)c(Cl)c3)C2=O)o1. The van der Waals surface area contributed by atoms with Crippen LogP contribution in [0.4, 0.5) is 4.79 Å². The zero-order valence-corrected chi connectivity index (χ0v) is 18.3. The molecule has 33 heavy (non-hydrogen) atoms. The molecular weight excluding hydrogens is 448 g/mol. The first-order valence-electron chi connectivity index (χ1n) is 9.92. The number of hydrogen-bond acceptors (Lipinski definition) is 6. The molecule has 8 nitrogen and oxygen atoms in total. The van der Waals surface area contributed by atoms with Crippen LogP contribution in [0.25, 0.3) is 6.08 Å². The number of nitrogens with one attached hydrogen (secondary N) is 1. The number of esters is 1. The third-order valence-corrected chi connectivity index (χ3v) is 5.12. The van der Waals surface area contributed by atoms with Crippen molar-refractivity contribution in [1.29, 1.82) is 0 Å². The first-order chi connectivity index (χ1) is 15.9. The van der Waals surface area contributed by atoms with Gasteiger partial charge in [-0.25, -0.2) is 9.59 Å². The fourth-order valence-corrected chi connectivity index (χ4v) is 3.41. The van der Waals surface area contributed by atoms with E-state index in [-0.39, 0.29) is 23.8 Å². The van der Waals surface area contributed by atoms with Crippen LogP contribution in [-0.2, 0) is 22.7 Å². The van der Waals surface area contributed by atoms with Crippen LogP contribution >= 0.6 is 11.6 Å². The Morgan fingerprint density at radius 1 is 1.12 bits per heavy atom. The van der Waals surface area contributed by atoms with E-state index in [1.54, 1.807) is 18.2 Å². The quantitative estimate of drug-likeness (QED) is 0.315. The lowest BCUT2D eigenvalue weighted by Crippen LogP contribution is -2.30. The van der Waals surface area contributed by atoms with Gasteiger partial charge in [-0.2, -0.15) is 0 Å². The summed E-state index contributed by atoms with van der Waals surface area (Å²) in [7, 11) is 1.23. The van der Waals surface area contributed by atoms with Gasteiger partial charge in [-0.1, -0.05) is 48.0 Å². The smallest absolute Gasteiger partial charge is 0.373 e. The van der Waals surface area contributed by atoms with E-state index in [4.69, 9.17) is 20.8 Å². The summed E-state index contributed by atoms with van der Waals surface area (Å²) in [6.07, 6.45) is 1.52. The van der Waals surface area contributed by atoms with E-state index in [1.807, 2.05) is 30.3 Å². The highest BCUT2D eigenvalue weighted by atomic mass is 35.5. The van der Waals surface area contributed by atoms with E-state index in [2.05, 4.69) is 10.1 Å². The van der Waals surface area contributed by atoms with Crippen LogP contribution < -0.4 is 10.1 Å². The molecule has 0 radical (unpaired) electrons. The molecule has 3 amide bonds. The van der Waals surface area contributed by atoms with Crippen molar-refractivity contribution in [2.24, 2.45) is 0 Å². The molecule has 4 rings (SSSR count). The lowest BCUT2D eigenvalue weighted by molar-refractivity contribution is -0.123. The maximum absolute atomic E-state index is 12.7. The Labute approximate surface area is 194 Å². The van der Waals surface area contributed by atoms with Crippen LogP contribution in [0.3, 0.4) is 0 Å². The van der Waals surface area contributed by atoms with Crippen LogP contribution in [0.5, 0.6) is 5.75 Å². The van der Waals surface area contributed by atoms with Crippen molar-refractivity contribution in [3.05, 3.63) is 94.0 Å². The van der Waals surface area contributed by atoms with Crippen LogP contribution in [0, 0.1) is 0 Å². The van der Waals surface area contributed by atoms with Crippen molar-refractivity contribution in [3.8, 4) is 5.75 Å². The Hall–Kier alpha value is -4.04. The second-order valence-corrected chi connectivity index (χ2v) is 7.51. The number of furan rings is 1. The number of imide groups is 1. The van der Waals surface area contributed by atoms with Gasteiger partial charge in [0.1, 0.15) is 23.8 Å². The van der Waals surface area contributed by atoms with Crippen LogP contribution in [0.1, 0.15) is 27.4 Å². The number of ether oxygens (including phenoxy) is 2. The summed E-state index contributed by atoms with van der Waals surface area (Å²) in [4.78, 5) is 37.5. The third kappa shape index (κ3) is 5.07. The molecule has 1 saturated heterocycles. The number of rotatable bonds is 7. The predicted octanol–water partition coefficient (Wildman–Crippen LogP) is 4.39. The summed E-state index contributed by atoms with van der Waals surface area (Å²) >= 11 is 6.33. The molecule has 0 unspecified atom stereocenters. The Kier molecular flexibility index (Phi) is 6.46. The number of benzene rings is 2. The molecule has 1 aliphatic rings. The summed E-state index contributed by atoms with van der Waals surface area (Å²) < 4.78 is 15.7. The summed E-state index contributed by atoms with van der Waals surface area (Å²) in [5, 5.41) is 2.91. The van der Waals surface area contributed by atoms with Crippen molar-refractivity contribution in [2.45, 2.75) is 13.2 Å². The molecule has 1 N–H and O–H groups in total. The molecule has 9 heteroatoms. The first kappa shape index (κ1) is 22.2. The van der Waals surface area contributed by atoms with E-state index in [1.165, 1.54) is 25.3 Å². The fourth-order valence-electron chi connectivity index (χ4n) is 3.17. The van der Waals surface area contributed by atoms with Crippen molar-refractivity contribution in [2.75, 3.05) is 7.11 Å². The van der Waals surface area contributed by atoms with Gasteiger partial charge < -0.3 is 19.2 Å². The second-order valence-electron chi connectivity index (χ2n) is 7.10. The van der Waals surface area contributed by atoms with Gasteiger partial charge in [0.15, 0.2) is 0 Å². The average molecular weight is 467 g/mol. The minimum absolute atomic E-state index is 0.0143. The Bertz CT molecular complexity index is 1230. The predicted molar refractivity (Wildman–Crippen MR) is 119 cm³/mol.